The zero-order valence-electron chi connectivity index (χ0n) is 34.6. The molecular formula is C51H58OSi. The minimum Gasteiger partial charge on any atom is -0.496 e. The van der Waals surface area contributed by atoms with Crippen molar-refractivity contribution in [2.24, 2.45) is 0 Å². The molecule has 0 aromatic heterocycles. The van der Waals surface area contributed by atoms with Gasteiger partial charge in [0.1, 0.15) is 5.75 Å². The maximum Gasteiger partial charge on any atom is 0.131 e. The molecule has 5 aromatic rings. The molecule has 2 unspecified atom stereocenters. The fraction of sp³-hybridized carbons (Fsp3) is 0.333. The van der Waals surface area contributed by atoms with Crippen molar-refractivity contribution in [3.05, 3.63) is 145 Å². The molecule has 0 N–H and O–H groups in total. The average Bonchev–Trinajstić information content (AvgIpc) is 3.57. The van der Waals surface area contributed by atoms with E-state index in [1.165, 1.54) is 106 Å². The number of rotatable bonds is 6. The summed E-state index contributed by atoms with van der Waals surface area (Å²) in [6.45, 7) is 30.5. The van der Waals surface area contributed by atoms with Gasteiger partial charge in [0, 0.05) is 22.2 Å². The third kappa shape index (κ3) is 6.37. The van der Waals surface area contributed by atoms with Crippen molar-refractivity contribution in [3.8, 4) is 39.1 Å². The molecule has 0 amide bonds. The molecule has 0 bridgehead atoms. The van der Waals surface area contributed by atoms with Gasteiger partial charge < -0.3 is 4.74 Å². The fourth-order valence-electron chi connectivity index (χ4n) is 10.3. The second-order valence-electron chi connectivity index (χ2n) is 18.2. The monoisotopic (exact) mass is 714 g/mol. The van der Waals surface area contributed by atoms with Crippen LogP contribution in [0.5, 0.6) is 5.75 Å². The average molecular weight is 715 g/mol. The lowest BCUT2D eigenvalue weighted by Gasteiger charge is -2.40. The Bertz CT molecular complexity index is 2310. The molecule has 0 saturated heterocycles. The molecule has 7 rings (SSSR count). The van der Waals surface area contributed by atoms with Gasteiger partial charge in [-0.1, -0.05) is 163 Å². The molecule has 0 aliphatic heterocycles. The van der Waals surface area contributed by atoms with Crippen molar-refractivity contribution < 1.29 is 4.74 Å². The summed E-state index contributed by atoms with van der Waals surface area (Å²) >= 11 is 0. The third-order valence-electron chi connectivity index (χ3n) is 12.0. The number of hydrogen-bond acceptors (Lipinski definition) is 1. The molecular weight excluding hydrogens is 657 g/mol. The minimum absolute atomic E-state index is 0.0897. The van der Waals surface area contributed by atoms with Crippen LogP contribution in [0.25, 0.3) is 45.5 Å². The fourth-order valence-corrected chi connectivity index (χ4v) is 15.3. The lowest BCUT2D eigenvalue weighted by atomic mass is 9.81. The summed E-state index contributed by atoms with van der Waals surface area (Å²) in [4.78, 5) is 0. The van der Waals surface area contributed by atoms with Crippen molar-refractivity contribution in [2.45, 2.75) is 106 Å². The number of allylic oxidation sites excluding steroid dienone is 2. The van der Waals surface area contributed by atoms with E-state index in [0.717, 1.165) is 5.75 Å². The van der Waals surface area contributed by atoms with Crippen LogP contribution < -0.4 is 4.74 Å². The summed E-state index contributed by atoms with van der Waals surface area (Å²) < 4.78 is 6.41. The van der Waals surface area contributed by atoms with E-state index in [-0.39, 0.29) is 5.41 Å². The van der Waals surface area contributed by atoms with Crippen LogP contribution in [0, 0.1) is 41.5 Å². The molecule has 2 heteroatoms. The predicted octanol–water partition coefficient (Wildman–Crippen LogP) is 14.3. The van der Waals surface area contributed by atoms with Crippen molar-refractivity contribution in [1.82, 2.24) is 0 Å². The van der Waals surface area contributed by atoms with Crippen LogP contribution in [0.15, 0.2) is 83.9 Å². The Balaban J connectivity index is 1.50. The molecule has 2 aliphatic rings. The maximum absolute atomic E-state index is 6.41. The maximum atomic E-state index is 6.41. The Morgan fingerprint density at radius 3 is 1.45 bits per heavy atom. The van der Waals surface area contributed by atoms with E-state index >= 15 is 0 Å². The molecule has 2 aliphatic carbocycles. The molecule has 0 saturated carbocycles. The van der Waals surface area contributed by atoms with Gasteiger partial charge in [0.25, 0.3) is 0 Å². The number of methoxy groups -OCH3 is 1. The van der Waals surface area contributed by atoms with E-state index < -0.39 is 8.07 Å². The zero-order valence-corrected chi connectivity index (χ0v) is 35.6. The second-order valence-corrected chi connectivity index (χ2v) is 23.0. The van der Waals surface area contributed by atoms with Crippen LogP contribution in [0.2, 0.25) is 13.1 Å². The molecule has 0 fully saturated rings. The van der Waals surface area contributed by atoms with Crippen LogP contribution in [0.3, 0.4) is 0 Å². The van der Waals surface area contributed by atoms with Gasteiger partial charge in [-0.3, -0.25) is 0 Å². The number of fused-ring (bicyclic) bond motifs is 2. The van der Waals surface area contributed by atoms with E-state index in [1.807, 2.05) is 7.11 Å². The first-order valence-corrected chi connectivity index (χ1v) is 22.6. The summed E-state index contributed by atoms with van der Waals surface area (Å²) in [6, 6.07) is 28.5. The first-order valence-electron chi connectivity index (χ1n) is 19.4. The van der Waals surface area contributed by atoms with E-state index in [2.05, 4.69) is 174 Å². The normalized spacial score (nSPS) is 16.7. The van der Waals surface area contributed by atoms with E-state index in [1.54, 1.807) is 0 Å². The summed E-state index contributed by atoms with van der Waals surface area (Å²) in [5.41, 5.74) is 26.4. The predicted molar refractivity (Wildman–Crippen MR) is 233 cm³/mol. The molecule has 5 aromatic carbocycles. The molecule has 53 heavy (non-hydrogen) atoms. The van der Waals surface area contributed by atoms with E-state index in [9.17, 15) is 0 Å². The van der Waals surface area contributed by atoms with E-state index in [0.29, 0.717) is 11.1 Å². The molecule has 1 nitrogen and oxygen atoms in total. The molecule has 0 radical (unpaired) electrons. The Hall–Kier alpha value is -4.40. The standard InChI is InChI=1S/C51H58OSi/c1-29-17-30(2)21-37(20-29)40-15-16-41(38-22-31(3)18-32(4)23-38)47-42(40)27-36(8)50(47)53(13,14)49-35(7)26-43-44(49)28-45(51(9,10)11)48(52-12)46(43)39-24-33(5)19-34(6)25-39/h15-28,49-50H,1-14H3. The summed E-state index contributed by atoms with van der Waals surface area (Å²) in [5, 5.41) is 0. The lowest BCUT2D eigenvalue weighted by molar-refractivity contribution is 0.399. The highest BCUT2D eigenvalue weighted by Gasteiger charge is 2.49. The number of benzene rings is 5. The molecule has 0 heterocycles. The Morgan fingerprint density at radius 2 is 0.962 bits per heavy atom. The van der Waals surface area contributed by atoms with Crippen molar-refractivity contribution in [3.63, 3.8) is 0 Å². The van der Waals surface area contributed by atoms with Crippen molar-refractivity contribution in [1.29, 1.82) is 0 Å². The van der Waals surface area contributed by atoms with Crippen LogP contribution in [-0.4, -0.2) is 15.2 Å². The SMILES string of the molecule is COc1c(C(C)(C)C)cc2c(c1-c1cc(C)cc(C)c1)C=C(C)C2[Si](C)(C)C1C(C)=Cc2c(-c3cc(C)cc(C)c3)ccc(-c3cc(C)cc(C)c3)c21. The topological polar surface area (TPSA) is 9.23 Å². The first kappa shape index (κ1) is 36.9. The largest absolute Gasteiger partial charge is 0.496 e. The zero-order chi connectivity index (χ0) is 38.3. The van der Waals surface area contributed by atoms with Crippen molar-refractivity contribution >= 4 is 20.2 Å². The molecule has 0 spiro atoms. The summed E-state index contributed by atoms with van der Waals surface area (Å²) in [7, 11) is -0.378. The van der Waals surface area contributed by atoms with Crippen LogP contribution in [-0.2, 0) is 5.41 Å². The molecule has 2 atom stereocenters. The van der Waals surface area contributed by atoms with Crippen LogP contribution in [0.1, 0.15) is 107 Å². The van der Waals surface area contributed by atoms with Gasteiger partial charge in [-0.05, 0) is 111 Å². The second kappa shape index (κ2) is 13.2. The Kier molecular flexibility index (Phi) is 9.18. The highest BCUT2D eigenvalue weighted by atomic mass is 28.3. The smallest absolute Gasteiger partial charge is 0.131 e. The Labute approximate surface area is 320 Å². The number of aryl methyl sites for hydroxylation is 6. The highest BCUT2D eigenvalue weighted by Crippen LogP contribution is 2.58. The third-order valence-corrected chi connectivity index (χ3v) is 16.5. The van der Waals surface area contributed by atoms with Gasteiger partial charge in [-0.15, -0.1) is 0 Å². The van der Waals surface area contributed by atoms with Gasteiger partial charge in [-0.25, -0.2) is 0 Å². The Morgan fingerprint density at radius 1 is 0.528 bits per heavy atom. The quantitative estimate of drug-likeness (QED) is 0.159. The van der Waals surface area contributed by atoms with Gasteiger partial charge in [0.2, 0.25) is 0 Å². The van der Waals surface area contributed by atoms with E-state index in [4.69, 9.17) is 4.74 Å². The molecule has 272 valence electrons. The van der Waals surface area contributed by atoms with Gasteiger partial charge in [0.05, 0.1) is 15.2 Å². The minimum atomic E-state index is -2.24. The summed E-state index contributed by atoms with van der Waals surface area (Å²) in [5.74, 6) is 1.02. The first-order chi connectivity index (χ1) is 24.9. The van der Waals surface area contributed by atoms with Gasteiger partial charge in [-0.2, -0.15) is 0 Å². The summed E-state index contributed by atoms with van der Waals surface area (Å²) in [6.07, 6.45) is 5.07. The number of ether oxygens (including phenoxy) is 1. The van der Waals surface area contributed by atoms with Crippen molar-refractivity contribution in [2.75, 3.05) is 7.11 Å². The van der Waals surface area contributed by atoms with Gasteiger partial charge >= 0.3 is 0 Å². The van der Waals surface area contributed by atoms with Crippen LogP contribution >= 0.6 is 0 Å². The van der Waals surface area contributed by atoms with Gasteiger partial charge in [0.15, 0.2) is 0 Å². The van der Waals surface area contributed by atoms with Crippen LogP contribution in [0.4, 0.5) is 0 Å². The number of hydrogen-bond donors (Lipinski definition) is 0. The highest BCUT2D eigenvalue weighted by molar-refractivity contribution is 6.82. The lowest BCUT2D eigenvalue weighted by Crippen LogP contribution is -2.42.